The molecule has 3 aromatic rings. The number of pyridine rings is 2. The Morgan fingerprint density at radius 1 is 1.14 bits per heavy atom. The largest absolute Gasteiger partial charge is 0.489 e. The lowest BCUT2D eigenvalue weighted by Gasteiger charge is -2.15. The van der Waals surface area contributed by atoms with Gasteiger partial charge < -0.3 is 19.8 Å². The molecule has 0 atom stereocenters. The van der Waals surface area contributed by atoms with E-state index in [0.717, 1.165) is 31.4 Å². The lowest BCUT2D eigenvalue weighted by Crippen LogP contribution is -2.22. The van der Waals surface area contributed by atoms with Gasteiger partial charge in [0.1, 0.15) is 11.6 Å². The normalized spacial score (nSPS) is 14.3. The van der Waals surface area contributed by atoms with Crippen LogP contribution in [0, 0.1) is 0 Å². The van der Waals surface area contributed by atoms with Crippen LogP contribution in [0.2, 0.25) is 0 Å². The number of fused-ring (bicyclic) bond motifs is 1. The molecule has 0 aliphatic carbocycles. The molecule has 11 heteroatoms. The maximum atomic E-state index is 9.18. The average molecular weight is 401 g/mol. The molecule has 1 saturated heterocycles. The van der Waals surface area contributed by atoms with Crippen LogP contribution in [0.25, 0.3) is 10.9 Å². The number of rotatable bonds is 9. The van der Waals surface area contributed by atoms with Crippen molar-refractivity contribution in [3.05, 3.63) is 24.5 Å². The fourth-order valence-electron chi connectivity index (χ4n) is 3.37. The number of nitrogens with one attached hydrogen (secondary N) is 3. The summed E-state index contributed by atoms with van der Waals surface area (Å²) in [5.41, 5.74) is 2.71. The Kier molecular flexibility index (Phi) is 5.89. The standard InChI is InChI=1S/C18H23N7O4/c26-24-17-8-13-12(10-20-23-13)18(22-17)21-16-9-14(15(29-27)11-19-16)28-7-3-6-25-4-1-2-5-25/h8-11,26-27H,1-7H2,(H,20,23)(H2,19,21,22,24). The van der Waals surface area contributed by atoms with Gasteiger partial charge in [-0.2, -0.15) is 5.10 Å². The zero-order valence-electron chi connectivity index (χ0n) is 15.8. The van der Waals surface area contributed by atoms with E-state index in [-0.39, 0.29) is 11.6 Å². The molecular weight excluding hydrogens is 378 g/mol. The van der Waals surface area contributed by atoms with E-state index >= 15 is 0 Å². The van der Waals surface area contributed by atoms with E-state index in [0.29, 0.717) is 29.5 Å². The van der Waals surface area contributed by atoms with Crippen LogP contribution in [-0.4, -0.2) is 61.8 Å². The fourth-order valence-corrected chi connectivity index (χ4v) is 3.37. The van der Waals surface area contributed by atoms with Crippen LogP contribution < -0.4 is 20.4 Å². The van der Waals surface area contributed by atoms with Gasteiger partial charge >= 0.3 is 0 Å². The van der Waals surface area contributed by atoms with Crippen molar-refractivity contribution < 1.29 is 20.1 Å². The molecule has 1 aliphatic heterocycles. The highest BCUT2D eigenvalue weighted by atomic mass is 17.1. The smallest absolute Gasteiger partial charge is 0.225 e. The summed E-state index contributed by atoms with van der Waals surface area (Å²) in [6.07, 6.45) is 6.37. The van der Waals surface area contributed by atoms with Gasteiger partial charge in [0.15, 0.2) is 11.6 Å². The second-order valence-electron chi connectivity index (χ2n) is 6.78. The van der Waals surface area contributed by atoms with E-state index in [4.69, 9.17) is 9.99 Å². The molecule has 0 unspecified atom stereocenters. The van der Waals surface area contributed by atoms with Crippen LogP contribution in [-0.2, 0) is 0 Å². The zero-order chi connectivity index (χ0) is 20.1. The highest BCUT2D eigenvalue weighted by molar-refractivity contribution is 5.92. The third-order valence-electron chi connectivity index (χ3n) is 4.80. The summed E-state index contributed by atoms with van der Waals surface area (Å²) in [5, 5.41) is 28.9. The van der Waals surface area contributed by atoms with Crippen LogP contribution in [0.15, 0.2) is 24.5 Å². The molecule has 4 rings (SSSR count). The first kappa shape index (κ1) is 19.2. The number of hydrogen-bond donors (Lipinski definition) is 5. The second kappa shape index (κ2) is 8.90. The van der Waals surface area contributed by atoms with Crippen LogP contribution in [0.3, 0.4) is 0 Å². The van der Waals surface area contributed by atoms with E-state index < -0.39 is 0 Å². The lowest BCUT2D eigenvalue weighted by atomic mass is 10.3. The van der Waals surface area contributed by atoms with Gasteiger partial charge in [-0.1, -0.05) is 0 Å². The SMILES string of the molecule is ONc1cc2[nH]ncc2c(Nc2cc(OCCCN3CCCC3)c(OO)cn2)n1. The summed E-state index contributed by atoms with van der Waals surface area (Å²) in [6, 6.07) is 3.24. The molecule has 0 radical (unpaired) electrons. The summed E-state index contributed by atoms with van der Waals surface area (Å²) in [7, 11) is 0. The summed E-state index contributed by atoms with van der Waals surface area (Å²) >= 11 is 0. The van der Waals surface area contributed by atoms with Crippen molar-refractivity contribution in [2.75, 3.05) is 37.0 Å². The predicted molar refractivity (Wildman–Crippen MR) is 106 cm³/mol. The molecule has 29 heavy (non-hydrogen) atoms. The molecule has 5 N–H and O–H groups in total. The molecule has 0 amide bonds. The molecule has 0 aromatic carbocycles. The summed E-state index contributed by atoms with van der Waals surface area (Å²) in [5.74, 6) is 1.62. The third-order valence-corrected chi connectivity index (χ3v) is 4.80. The zero-order valence-corrected chi connectivity index (χ0v) is 15.8. The monoisotopic (exact) mass is 401 g/mol. The number of aromatic nitrogens is 4. The Labute approximate surface area is 166 Å². The molecule has 0 spiro atoms. The van der Waals surface area contributed by atoms with Crippen LogP contribution in [0.4, 0.5) is 17.5 Å². The van der Waals surface area contributed by atoms with Gasteiger partial charge in [0.25, 0.3) is 0 Å². The number of ether oxygens (including phenoxy) is 1. The van der Waals surface area contributed by atoms with Crippen LogP contribution in [0.1, 0.15) is 19.3 Å². The summed E-state index contributed by atoms with van der Waals surface area (Å²) in [6.45, 7) is 3.76. The Bertz CT molecular complexity index is 959. The van der Waals surface area contributed by atoms with Crippen molar-refractivity contribution in [3.63, 3.8) is 0 Å². The van der Waals surface area contributed by atoms with E-state index in [1.54, 1.807) is 18.3 Å². The lowest BCUT2D eigenvalue weighted by molar-refractivity contribution is -0.139. The molecule has 1 fully saturated rings. The first-order valence-corrected chi connectivity index (χ1v) is 9.44. The van der Waals surface area contributed by atoms with Crippen molar-refractivity contribution in [1.29, 1.82) is 0 Å². The minimum absolute atomic E-state index is 0.129. The molecule has 1 aliphatic rings. The van der Waals surface area contributed by atoms with Crippen molar-refractivity contribution in [2.24, 2.45) is 0 Å². The number of likely N-dealkylation sites (tertiary alicyclic amines) is 1. The predicted octanol–water partition coefficient (Wildman–Crippen LogP) is 2.61. The van der Waals surface area contributed by atoms with Gasteiger partial charge in [0.05, 0.1) is 29.9 Å². The Morgan fingerprint density at radius 2 is 2.00 bits per heavy atom. The molecule has 0 bridgehead atoms. The molecule has 0 saturated carbocycles. The van der Waals surface area contributed by atoms with E-state index in [1.165, 1.54) is 19.0 Å². The van der Waals surface area contributed by atoms with E-state index in [9.17, 15) is 5.21 Å². The van der Waals surface area contributed by atoms with E-state index in [1.807, 2.05) is 5.48 Å². The first-order valence-electron chi connectivity index (χ1n) is 9.44. The van der Waals surface area contributed by atoms with Crippen molar-refractivity contribution in [3.8, 4) is 11.5 Å². The third kappa shape index (κ3) is 4.47. The van der Waals surface area contributed by atoms with Crippen LogP contribution in [0.5, 0.6) is 11.5 Å². The summed E-state index contributed by atoms with van der Waals surface area (Å²) < 4.78 is 5.80. The van der Waals surface area contributed by atoms with Gasteiger partial charge in [0, 0.05) is 18.7 Å². The van der Waals surface area contributed by atoms with Gasteiger partial charge in [-0.3, -0.25) is 15.8 Å². The Hall–Kier alpha value is -3.15. The highest BCUT2D eigenvalue weighted by Gasteiger charge is 2.14. The van der Waals surface area contributed by atoms with E-state index in [2.05, 4.69) is 35.3 Å². The number of anilines is 3. The summed E-state index contributed by atoms with van der Waals surface area (Å²) in [4.78, 5) is 15.3. The molecule has 3 aromatic heterocycles. The van der Waals surface area contributed by atoms with Gasteiger partial charge in [-0.15, -0.1) is 0 Å². The quantitative estimate of drug-likeness (QED) is 0.206. The fraction of sp³-hybridized carbons (Fsp3) is 0.389. The van der Waals surface area contributed by atoms with Crippen molar-refractivity contribution >= 4 is 28.4 Å². The Morgan fingerprint density at radius 3 is 2.79 bits per heavy atom. The van der Waals surface area contributed by atoms with Gasteiger partial charge in [-0.05, 0) is 32.4 Å². The van der Waals surface area contributed by atoms with Gasteiger partial charge in [0.2, 0.25) is 5.75 Å². The second-order valence-corrected chi connectivity index (χ2v) is 6.78. The molecule has 4 heterocycles. The minimum atomic E-state index is 0.129. The average Bonchev–Trinajstić information content (AvgIpc) is 3.43. The molecule has 154 valence electrons. The van der Waals surface area contributed by atoms with Crippen molar-refractivity contribution in [2.45, 2.75) is 19.3 Å². The first-order chi connectivity index (χ1) is 14.3. The molecular formula is C18H23N7O4. The maximum Gasteiger partial charge on any atom is 0.225 e. The number of nitrogens with zero attached hydrogens (tertiary/aromatic N) is 4. The maximum absolute atomic E-state index is 9.18. The number of aromatic amines is 1. The highest BCUT2D eigenvalue weighted by Crippen LogP contribution is 2.31. The Balaban J connectivity index is 1.47. The van der Waals surface area contributed by atoms with Crippen LogP contribution >= 0.6 is 0 Å². The number of hydrogen-bond acceptors (Lipinski definition) is 10. The minimum Gasteiger partial charge on any atom is -0.489 e. The van der Waals surface area contributed by atoms with Crippen molar-refractivity contribution in [1.82, 2.24) is 25.1 Å². The number of H-pyrrole nitrogens is 1. The topological polar surface area (TPSA) is 141 Å². The van der Waals surface area contributed by atoms with Gasteiger partial charge in [-0.25, -0.2) is 15.2 Å². The molecule has 11 nitrogen and oxygen atoms in total.